The van der Waals surface area contributed by atoms with Crippen molar-refractivity contribution in [2.24, 2.45) is 0 Å². The summed E-state index contributed by atoms with van der Waals surface area (Å²) in [6.45, 7) is 1.89. The second-order valence-electron chi connectivity index (χ2n) is 4.85. The zero-order valence-corrected chi connectivity index (χ0v) is 12.4. The van der Waals surface area contributed by atoms with Crippen molar-refractivity contribution in [1.29, 1.82) is 0 Å². The van der Waals surface area contributed by atoms with Crippen LogP contribution < -0.4 is 4.72 Å². The lowest BCUT2D eigenvalue weighted by molar-refractivity contribution is 0.0590. The van der Waals surface area contributed by atoms with Crippen molar-refractivity contribution in [3.63, 3.8) is 0 Å². The number of hydrogen-bond donors (Lipinski definition) is 1. The molecule has 0 aromatic carbocycles. The summed E-state index contributed by atoms with van der Waals surface area (Å²) in [5, 5.41) is 0. The highest BCUT2D eigenvalue weighted by Crippen LogP contribution is 2.31. The highest BCUT2D eigenvalue weighted by atomic mass is 32.2. The van der Waals surface area contributed by atoms with Gasteiger partial charge in [0.15, 0.2) is 9.90 Å². The first-order valence-corrected chi connectivity index (χ1v) is 8.30. The highest BCUT2D eigenvalue weighted by Gasteiger charge is 2.36. The Labute approximate surface area is 116 Å². The summed E-state index contributed by atoms with van der Waals surface area (Å²) in [5.74, 6) is -0.738. The SMILES string of the molecule is COC(=O)c1ncsc1S(=O)(=O)NC1(C)CCCC1. The number of carbonyl (C=O) groups excluding carboxylic acids is 1. The number of hydrogen-bond acceptors (Lipinski definition) is 6. The predicted molar refractivity (Wildman–Crippen MR) is 70.6 cm³/mol. The smallest absolute Gasteiger partial charge is 0.358 e. The quantitative estimate of drug-likeness (QED) is 0.853. The molecule has 1 saturated carbocycles. The number of rotatable bonds is 4. The van der Waals surface area contributed by atoms with Crippen molar-refractivity contribution in [3.05, 3.63) is 11.2 Å². The van der Waals surface area contributed by atoms with Crippen LogP contribution in [-0.2, 0) is 14.8 Å². The second-order valence-corrected chi connectivity index (χ2v) is 7.59. The zero-order valence-electron chi connectivity index (χ0n) is 10.8. The molecule has 1 N–H and O–H groups in total. The molecule has 0 saturated heterocycles. The van der Waals surface area contributed by atoms with Gasteiger partial charge in [0.1, 0.15) is 0 Å². The van der Waals surface area contributed by atoms with Crippen LogP contribution in [0.15, 0.2) is 9.72 Å². The van der Waals surface area contributed by atoms with E-state index in [1.165, 1.54) is 12.6 Å². The van der Waals surface area contributed by atoms with Crippen molar-refractivity contribution in [3.8, 4) is 0 Å². The molecule has 106 valence electrons. The fraction of sp³-hybridized carbons (Fsp3) is 0.636. The van der Waals surface area contributed by atoms with E-state index >= 15 is 0 Å². The van der Waals surface area contributed by atoms with Gasteiger partial charge in [-0.1, -0.05) is 12.8 Å². The predicted octanol–water partition coefficient (Wildman–Crippen LogP) is 1.54. The van der Waals surface area contributed by atoms with Crippen LogP contribution in [0.4, 0.5) is 0 Å². The lowest BCUT2D eigenvalue weighted by atomic mass is 10.0. The number of nitrogens with one attached hydrogen (secondary N) is 1. The Morgan fingerprint density at radius 1 is 1.47 bits per heavy atom. The highest BCUT2D eigenvalue weighted by molar-refractivity contribution is 7.91. The van der Waals surface area contributed by atoms with Crippen LogP contribution in [-0.4, -0.2) is 32.0 Å². The Morgan fingerprint density at radius 3 is 2.68 bits per heavy atom. The van der Waals surface area contributed by atoms with Gasteiger partial charge in [0.2, 0.25) is 0 Å². The average Bonchev–Trinajstić information content (AvgIpc) is 2.96. The minimum absolute atomic E-state index is 0.0764. The molecule has 6 nitrogen and oxygen atoms in total. The van der Waals surface area contributed by atoms with Gasteiger partial charge in [0.25, 0.3) is 10.0 Å². The molecule has 8 heteroatoms. The average molecular weight is 304 g/mol. The Bertz CT molecular complexity index is 573. The van der Waals surface area contributed by atoms with Gasteiger partial charge in [0, 0.05) is 5.54 Å². The second kappa shape index (κ2) is 5.18. The molecule has 0 atom stereocenters. The van der Waals surface area contributed by atoms with Crippen LogP contribution in [0.3, 0.4) is 0 Å². The number of nitrogens with zero attached hydrogens (tertiary/aromatic N) is 1. The van der Waals surface area contributed by atoms with E-state index in [-0.39, 0.29) is 9.90 Å². The van der Waals surface area contributed by atoms with E-state index in [1.54, 1.807) is 0 Å². The zero-order chi connectivity index (χ0) is 14.1. The molecular formula is C11H16N2O4S2. The van der Waals surface area contributed by atoms with Crippen LogP contribution in [0.1, 0.15) is 43.1 Å². The third kappa shape index (κ3) is 2.96. The normalized spacial score (nSPS) is 18.4. The molecule has 0 amide bonds. The van der Waals surface area contributed by atoms with Gasteiger partial charge in [-0.15, -0.1) is 11.3 Å². The van der Waals surface area contributed by atoms with E-state index < -0.39 is 21.5 Å². The van der Waals surface area contributed by atoms with Crippen LogP contribution in [0.5, 0.6) is 0 Å². The van der Waals surface area contributed by atoms with Crippen molar-refractivity contribution in [2.75, 3.05) is 7.11 Å². The first-order valence-electron chi connectivity index (χ1n) is 5.94. The monoisotopic (exact) mass is 304 g/mol. The maximum Gasteiger partial charge on any atom is 0.358 e. The molecule has 0 aliphatic heterocycles. The van der Waals surface area contributed by atoms with Gasteiger partial charge in [-0.05, 0) is 19.8 Å². The third-order valence-electron chi connectivity index (χ3n) is 3.25. The summed E-state index contributed by atoms with van der Waals surface area (Å²) >= 11 is 0.920. The molecule has 19 heavy (non-hydrogen) atoms. The molecule has 1 aromatic heterocycles. The standard InChI is InChI=1S/C11H16N2O4S2/c1-11(5-3-4-6-11)13-19(15,16)10-8(9(14)17-2)12-7-18-10/h7,13H,3-6H2,1-2H3. The third-order valence-corrected chi connectivity index (χ3v) is 6.25. The lowest BCUT2D eigenvalue weighted by Crippen LogP contribution is -2.43. The largest absolute Gasteiger partial charge is 0.464 e. The minimum Gasteiger partial charge on any atom is -0.464 e. The van der Waals surface area contributed by atoms with Crippen LogP contribution in [0.2, 0.25) is 0 Å². The van der Waals surface area contributed by atoms with E-state index in [0.29, 0.717) is 0 Å². The summed E-state index contributed by atoms with van der Waals surface area (Å²) in [7, 11) is -2.54. The summed E-state index contributed by atoms with van der Waals surface area (Å²) in [5.41, 5.74) is 0.746. The van der Waals surface area contributed by atoms with Crippen LogP contribution in [0.25, 0.3) is 0 Å². The van der Waals surface area contributed by atoms with Gasteiger partial charge in [-0.3, -0.25) is 0 Å². The number of ether oxygens (including phenoxy) is 1. The summed E-state index contributed by atoms with van der Waals surface area (Å²) < 4.78 is 31.8. The Kier molecular flexibility index (Phi) is 3.93. The molecule has 2 rings (SSSR count). The van der Waals surface area contributed by atoms with E-state index in [0.717, 1.165) is 37.0 Å². The van der Waals surface area contributed by atoms with Crippen molar-refractivity contribution in [1.82, 2.24) is 9.71 Å². The van der Waals surface area contributed by atoms with E-state index in [4.69, 9.17) is 0 Å². The topological polar surface area (TPSA) is 85.4 Å². The number of sulfonamides is 1. The minimum atomic E-state index is -3.74. The van der Waals surface area contributed by atoms with E-state index in [2.05, 4.69) is 14.4 Å². The summed E-state index contributed by atoms with van der Waals surface area (Å²) in [6.07, 6.45) is 3.62. The van der Waals surface area contributed by atoms with Gasteiger partial charge >= 0.3 is 5.97 Å². The molecule has 1 aliphatic rings. The maximum absolute atomic E-state index is 12.3. The van der Waals surface area contributed by atoms with E-state index in [9.17, 15) is 13.2 Å². The fourth-order valence-electron chi connectivity index (χ4n) is 2.29. The first kappa shape index (κ1) is 14.4. The summed E-state index contributed by atoms with van der Waals surface area (Å²) in [6, 6.07) is 0. The molecule has 0 unspecified atom stereocenters. The molecule has 0 bridgehead atoms. The molecule has 1 aromatic rings. The number of methoxy groups -OCH3 is 1. The van der Waals surface area contributed by atoms with Crippen LogP contribution >= 0.6 is 11.3 Å². The molecule has 0 spiro atoms. The molecular weight excluding hydrogens is 288 g/mol. The number of aromatic nitrogens is 1. The van der Waals surface area contributed by atoms with Gasteiger partial charge in [0.05, 0.1) is 12.6 Å². The Hall–Kier alpha value is -0.990. The number of carbonyl (C=O) groups is 1. The van der Waals surface area contributed by atoms with Gasteiger partial charge < -0.3 is 4.74 Å². The molecule has 1 heterocycles. The van der Waals surface area contributed by atoms with Gasteiger partial charge in [-0.25, -0.2) is 22.9 Å². The van der Waals surface area contributed by atoms with Gasteiger partial charge in [-0.2, -0.15) is 0 Å². The number of thiazole rings is 1. The molecule has 0 radical (unpaired) electrons. The van der Waals surface area contributed by atoms with Crippen LogP contribution in [0, 0.1) is 0 Å². The summed E-state index contributed by atoms with van der Waals surface area (Å²) in [4.78, 5) is 15.3. The van der Waals surface area contributed by atoms with Crippen molar-refractivity contribution < 1.29 is 17.9 Å². The Morgan fingerprint density at radius 2 is 2.11 bits per heavy atom. The maximum atomic E-state index is 12.3. The Balaban J connectivity index is 2.30. The van der Waals surface area contributed by atoms with Crippen molar-refractivity contribution in [2.45, 2.75) is 42.4 Å². The van der Waals surface area contributed by atoms with E-state index in [1.807, 2.05) is 6.92 Å². The molecule has 1 fully saturated rings. The molecule has 1 aliphatic carbocycles. The lowest BCUT2D eigenvalue weighted by Gasteiger charge is -2.24. The first-order chi connectivity index (χ1) is 8.88. The fourth-order valence-corrected chi connectivity index (χ4v) is 4.89. The number of esters is 1. The van der Waals surface area contributed by atoms with Crippen molar-refractivity contribution >= 4 is 27.3 Å².